The molecule has 6 heteroatoms. The van der Waals surface area contributed by atoms with Gasteiger partial charge in [0.05, 0.1) is 25.1 Å². The maximum atomic E-state index is 12.4. The Morgan fingerprint density at radius 3 is 2.24 bits per heavy atom. The Morgan fingerprint density at radius 2 is 1.62 bits per heavy atom. The van der Waals surface area contributed by atoms with E-state index < -0.39 is 12.0 Å². The topological polar surface area (TPSA) is 84.5 Å². The summed E-state index contributed by atoms with van der Waals surface area (Å²) < 4.78 is 5.22. The summed E-state index contributed by atoms with van der Waals surface area (Å²) in [6.45, 7) is 7.17. The molecule has 0 aliphatic rings. The normalized spacial score (nSPS) is 11.6. The van der Waals surface area contributed by atoms with E-state index in [9.17, 15) is 14.4 Å². The molecular formula is C23H28N2O4. The van der Waals surface area contributed by atoms with Crippen molar-refractivity contribution in [3.05, 3.63) is 70.8 Å². The summed E-state index contributed by atoms with van der Waals surface area (Å²) in [5, 5.41) is 5.45. The lowest BCUT2D eigenvalue weighted by Gasteiger charge is -2.20. The molecule has 2 rings (SSSR count). The van der Waals surface area contributed by atoms with Crippen LogP contribution in [0, 0.1) is 13.8 Å². The molecule has 1 atom stereocenters. The summed E-state index contributed by atoms with van der Waals surface area (Å²) in [4.78, 5) is 36.9. The zero-order valence-corrected chi connectivity index (χ0v) is 17.3. The fourth-order valence-electron chi connectivity index (χ4n) is 2.86. The van der Waals surface area contributed by atoms with Gasteiger partial charge >= 0.3 is 5.97 Å². The van der Waals surface area contributed by atoms with Gasteiger partial charge in [-0.15, -0.1) is 0 Å². The number of benzene rings is 2. The van der Waals surface area contributed by atoms with Gasteiger partial charge in [-0.1, -0.05) is 48.0 Å². The highest BCUT2D eigenvalue weighted by molar-refractivity contribution is 5.97. The molecule has 0 fully saturated rings. The van der Waals surface area contributed by atoms with E-state index in [4.69, 9.17) is 4.74 Å². The molecule has 0 saturated carbocycles. The molecule has 154 valence electrons. The second-order valence-corrected chi connectivity index (χ2v) is 7.27. The maximum Gasteiger partial charge on any atom is 0.308 e. The van der Waals surface area contributed by atoms with Crippen molar-refractivity contribution < 1.29 is 19.1 Å². The summed E-state index contributed by atoms with van der Waals surface area (Å²) in [7, 11) is 0. The quantitative estimate of drug-likeness (QED) is 0.671. The molecule has 6 nitrogen and oxygen atoms in total. The minimum Gasteiger partial charge on any atom is -0.463 e. The van der Waals surface area contributed by atoms with Gasteiger partial charge in [0.15, 0.2) is 0 Å². The summed E-state index contributed by atoms with van der Waals surface area (Å²) in [6, 6.07) is 14.2. The lowest BCUT2D eigenvalue weighted by Crippen LogP contribution is -2.39. The minimum atomic E-state index is -0.537. The number of carbonyl (C=O) groups excluding carboxylic acids is 3. The second-order valence-electron chi connectivity index (χ2n) is 7.27. The SMILES string of the molecule is Cc1ccc(C(CC(=O)OC(C)C)NC(=O)CNC(=O)c2ccccc2C)cc1. The first-order valence-electron chi connectivity index (χ1n) is 9.65. The Morgan fingerprint density at radius 1 is 0.966 bits per heavy atom. The first-order valence-corrected chi connectivity index (χ1v) is 9.65. The van der Waals surface area contributed by atoms with Crippen molar-refractivity contribution in [1.29, 1.82) is 0 Å². The number of ether oxygens (including phenoxy) is 1. The lowest BCUT2D eigenvalue weighted by atomic mass is 10.0. The Balaban J connectivity index is 2.02. The Hall–Kier alpha value is -3.15. The smallest absolute Gasteiger partial charge is 0.308 e. The predicted octanol–water partition coefficient (Wildman–Crippen LogP) is 3.23. The number of hydrogen-bond acceptors (Lipinski definition) is 4. The van der Waals surface area contributed by atoms with Crippen LogP contribution in [0.15, 0.2) is 48.5 Å². The molecule has 29 heavy (non-hydrogen) atoms. The van der Waals surface area contributed by atoms with Crippen LogP contribution < -0.4 is 10.6 Å². The molecule has 0 aromatic heterocycles. The van der Waals surface area contributed by atoms with Crippen molar-refractivity contribution >= 4 is 17.8 Å². The Kier molecular flexibility index (Phi) is 7.95. The van der Waals surface area contributed by atoms with Crippen LogP contribution in [0.2, 0.25) is 0 Å². The van der Waals surface area contributed by atoms with Crippen molar-refractivity contribution in [2.75, 3.05) is 6.54 Å². The van der Waals surface area contributed by atoms with Gasteiger partial charge in [-0.3, -0.25) is 14.4 Å². The molecule has 0 saturated heterocycles. The summed E-state index contributed by atoms with van der Waals surface area (Å²) in [6.07, 6.45) is -0.219. The number of carbonyl (C=O) groups is 3. The van der Waals surface area contributed by atoms with Crippen molar-refractivity contribution in [2.45, 2.75) is 46.3 Å². The van der Waals surface area contributed by atoms with Crippen LogP contribution in [0.25, 0.3) is 0 Å². The van der Waals surface area contributed by atoms with E-state index in [1.807, 2.05) is 50.2 Å². The van der Waals surface area contributed by atoms with E-state index >= 15 is 0 Å². The molecule has 2 aromatic carbocycles. The van der Waals surface area contributed by atoms with Crippen molar-refractivity contribution in [2.24, 2.45) is 0 Å². The van der Waals surface area contributed by atoms with Crippen molar-refractivity contribution in [3.63, 3.8) is 0 Å². The molecule has 2 N–H and O–H groups in total. The Bertz CT molecular complexity index is 859. The molecule has 2 aromatic rings. The van der Waals surface area contributed by atoms with Gasteiger partial charge < -0.3 is 15.4 Å². The van der Waals surface area contributed by atoms with Gasteiger partial charge in [-0.2, -0.15) is 0 Å². The molecule has 0 spiro atoms. The van der Waals surface area contributed by atoms with E-state index in [1.54, 1.807) is 26.0 Å². The highest BCUT2D eigenvalue weighted by Gasteiger charge is 2.20. The first kappa shape index (κ1) is 22.1. The van der Waals surface area contributed by atoms with E-state index in [-0.39, 0.29) is 30.9 Å². The third-order valence-corrected chi connectivity index (χ3v) is 4.35. The van der Waals surface area contributed by atoms with E-state index in [2.05, 4.69) is 10.6 Å². The van der Waals surface area contributed by atoms with Crippen molar-refractivity contribution in [3.8, 4) is 0 Å². The van der Waals surface area contributed by atoms with Crippen LogP contribution in [0.5, 0.6) is 0 Å². The zero-order valence-electron chi connectivity index (χ0n) is 17.3. The van der Waals surface area contributed by atoms with Gasteiger partial charge in [0.25, 0.3) is 5.91 Å². The molecule has 0 aliphatic carbocycles. The average Bonchev–Trinajstić information content (AvgIpc) is 2.66. The van der Waals surface area contributed by atoms with E-state index in [1.165, 1.54) is 0 Å². The fraction of sp³-hybridized carbons (Fsp3) is 0.348. The predicted molar refractivity (Wildman–Crippen MR) is 111 cm³/mol. The standard InChI is InChI=1S/C23H28N2O4/c1-15(2)29-22(27)13-20(18-11-9-16(3)10-12-18)25-21(26)14-24-23(28)19-8-6-5-7-17(19)4/h5-12,15,20H,13-14H2,1-4H3,(H,24,28)(H,25,26). The summed E-state index contributed by atoms with van der Waals surface area (Å²) in [5.41, 5.74) is 3.24. The van der Waals surface area contributed by atoms with Gasteiger partial charge in [-0.05, 0) is 44.9 Å². The van der Waals surface area contributed by atoms with Gasteiger partial charge in [0.1, 0.15) is 0 Å². The van der Waals surface area contributed by atoms with Crippen LogP contribution in [0.4, 0.5) is 0 Å². The largest absolute Gasteiger partial charge is 0.463 e. The van der Waals surface area contributed by atoms with E-state index in [0.717, 1.165) is 16.7 Å². The number of esters is 1. The van der Waals surface area contributed by atoms with E-state index in [0.29, 0.717) is 5.56 Å². The highest BCUT2D eigenvalue weighted by atomic mass is 16.5. The summed E-state index contributed by atoms with van der Waals surface area (Å²) in [5.74, 6) is -1.09. The first-order chi connectivity index (χ1) is 13.8. The van der Waals surface area contributed by atoms with Gasteiger partial charge in [0, 0.05) is 5.56 Å². The van der Waals surface area contributed by atoms with Crippen LogP contribution in [-0.4, -0.2) is 30.4 Å². The number of amides is 2. The molecule has 0 radical (unpaired) electrons. The third-order valence-electron chi connectivity index (χ3n) is 4.35. The minimum absolute atomic E-state index is 0.0126. The van der Waals surface area contributed by atoms with Gasteiger partial charge in [-0.25, -0.2) is 0 Å². The molecular weight excluding hydrogens is 368 g/mol. The molecule has 0 heterocycles. The van der Waals surface area contributed by atoms with Crippen molar-refractivity contribution in [1.82, 2.24) is 10.6 Å². The zero-order chi connectivity index (χ0) is 21.4. The number of hydrogen-bond donors (Lipinski definition) is 2. The molecule has 2 amide bonds. The lowest BCUT2D eigenvalue weighted by molar-refractivity contribution is -0.148. The Labute approximate surface area is 171 Å². The van der Waals surface area contributed by atoms with Crippen LogP contribution in [0.3, 0.4) is 0 Å². The monoisotopic (exact) mass is 396 g/mol. The van der Waals surface area contributed by atoms with Crippen LogP contribution >= 0.6 is 0 Å². The third kappa shape index (κ3) is 7.07. The fourth-order valence-corrected chi connectivity index (χ4v) is 2.86. The summed E-state index contributed by atoms with van der Waals surface area (Å²) >= 11 is 0. The van der Waals surface area contributed by atoms with Crippen LogP contribution in [-0.2, 0) is 14.3 Å². The number of rotatable bonds is 8. The molecule has 0 aliphatic heterocycles. The number of aryl methyl sites for hydroxylation is 2. The van der Waals surface area contributed by atoms with Crippen LogP contribution in [0.1, 0.15) is 53.4 Å². The van der Waals surface area contributed by atoms with Gasteiger partial charge in [0.2, 0.25) is 5.91 Å². The average molecular weight is 396 g/mol. The maximum absolute atomic E-state index is 12.4. The molecule has 0 bridgehead atoms. The highest BCUT2D eigenvalue weighted by Crippen LogP contribution is 2.18. The second kappa shape index (κ2) is 10.4. The molecule has 1 unspecified atom stereocenters. The number of nitrogens with one attached hydrogen (secondary N) is 2.